The third-order valence-electron chi connectivity index (χ3n) is 1.85. The van der Waals surface area contributed by atoms with Gasteiger partial charge >= 0.3 is 0 Å². The summed E-state index contributed by atoms with van der Waals surface area (Å²) < 4.78 is 10.3. The van der Waals surface area contributed by atoms with E-state index < -0.39 is 0 Å². The lowest BCUT2D eigenvalue weighted by Crippen LogP contribution is -1.96. The third kappa shape index (κ3) is 2.82. The molecule has 1 rings (SSSR count). The molecule has 0 saturated heterocycles. The van der Waals surface area contributed by atoms with Crippen molar-refractivity contribution in [2.45, 2.75) is 19.3 Å². The Morgan fingerprint density at radius 1 is 1.69 bits per heavy atom. The van der Waals surface area contributed by atoms with Crippen molar-refractivity contribution in [3.63, 3.8) is 0 Å². The number of ether oxygens (including phenoxy) is 1. The first-order valence-electron chi connectivity index (χ1n) is 4.32. The van der Waals surface area contributed by atoms with Crippen molar-refractivity contribution in [1.29, 1.82) is 0 Å². The molecule has 1 unspecified atom stereocenters. The van der Waals surface area contributed by atoms with E-state index in [0.717, 1.165) is 5.76 Å². The number of hydrogen-bond acceptors (Lipinski definition) is 4. The van der Waals surface area contributed by atoms with Crippen molar-refractivity contribution in [2.75, 3.05) is 20.3 Å². The average molecular weight is 185 g/mol. The lowest BCUT2D eigenvalue weighted by molar-refractivity contribution is 0.193. The summed E-state index contributed by atoms with van der Waals surface area (Å²) in [5, 5.41) is 8.86. The molecular weight excluding hydrogens is 170 g/mol. The molecule has 13 heavy (non-hydrogen) atoms. The highest BCUT2D eigenvalue weighted by atomic mass is 16.5. The molecule has 4 heteroatoms. The van der Waals surface area contributed by atoms with Crippen molar-refractivity contribution in [2.24, 2.45) is 0 Å². The van der Waals surface area contributed by atoms with E-state index in [-0.39, 0.29) is 12.5 Å². The zero-order valence-electron chi connectivity index (χ0n) is 7.99. The van der Waals surface area contributed by atoms with Crippen molar-refractivity contribution >= 4 is 0 Å². The second-order valence-corrected chi connectivity index (χ2v) is 2.98. The lowest BCUT2D eigenvalue weighted by Gasteiger charge is -2.01. The zero-order chi connectivity index (χ0) is 9.68. The van der Waals surface area contributed by atoms with Crippen LogP contribution < -0.4 is 0 Å². The molecule has 1 N–H and O–H groups in total. The monoisotopic (exact) mass is 185 g/mol. The Kier molecular flexibility index (Phi) is 3.92. The zero-order valence-corrected chi connectivity index (χ0v) is 7.99. The number of aliphatic hydroxyl groups is 1. The van der Waals surface area contributed by atoms with Crippen molar-refractivity contribution in [1.82, 2.24) is 4.98 Å². The second kappa shape index (κ2) is 4.99. The maximum absolute atomic E-state index is 8.86. The van der Waals surface area contributed by atoms with Gasteiger partial charge in [0.15, 0.2) is 5.89 Å². The van der Waals surface area contributed by atoms with Gasteiger partial charge in [-0.3, -0.25) is 0 Å². The number of nitrogens with zero attached hydrogens (tertiary/aromatic N) is 1. The van der Waals surface area contributed by atoms with Crippen LogP contribution in [0.1, 0.15) is 24.5 Å². The van der Waals surface area contributed by atoms with E-state index in [1.807, 2.05) is 6.92 Å². The first-order chi connectivity index (χ1) is 6.27. The molecule has 0 amide bonds. The van der Waals surface area contributed by atoms with Gasteiger partial charge in [0.25, 0.3) is 0 Å². The van der Waals surface area contributed by atoms with Gasteiger partial charge in [0.2, 0.25) is 0 Å². The van der Waals surface area contributed by atoms with Gasteiger partial charge in [-0.1, -0.05) is 6.92 Å². The van der Waals surface area contributed by atoms with Gasteiger partial charge in [0.1, 0.15) is 5.76 Å². The maximum atomic E-state index is 8.86. The molecule has 1 aromatic heterocycles. The standard InChI is InChI=1S/C9H15NO3/c1-7(6-11)8-5-10-9(13-8)3-4-12-2/h5,7,11H,3-4,6H2,1-2H3. The number of aliphatic hydroxyl groups excluding tert-OH is 1. The van der Waals surface area contributed by atoms with Gasteiger partial charge in [-0.25, -0.2) is 4.98 Å². The highest BCUT2D eigenvalue weighted by Gasteiger charge is 2.10. The van der Waals surface area contributed by atoms with Crippen LogP contribution >= 0.6 is 0 Å². The van der Waals surface area contributed by atoms with Crippen molar-refractivity contribution in [3.05, 3.63) is 17.8 Å². The summed E-state index contributed by atoms with van der Waals surface area (Å²) in [6.45, 7) is 2.58. The molecule has 1 atom stereocenters. The Morgan fingerprint density at radius 3 is 3.08 bits per heavy atom. The number of rotatable bonds is 5. The van der Waals surface area contributed by atoms with Crippen LogP contribution in [0.25, 0.3) is 0 Å². The number of oxazole rings is 1. The Balaban J connectivity index is 2.53. The van der Waals surface area contributed by atoms with Crippen LogP contribution in [0.2, 0.25) is 0 Å². The molecule has 74 valence electrons. The first kappa shape index (κ1) is 10.2. The molecule has 0 aromatic carbocycles. The molecule has 0 saturated carbocycles. The highest BCUT2D eigenvalue weighted by Crippen LogP contribution is 2.15. The van der Waals surface area contributed by atoms with Crippen molar-refractivity contribution in [3.8, 4) is 0 Å². The van der Waals surface area contributed by atoms with E-state index in [1.54, 1.807) is 13.3 Å². The molecule has 0 aliphatic heterocycles. The molecule has 0 radical (unpaired) electrons. The fourth-order valence-corrected chi connectivity index (χ4v) is 0.947. The quantitative estimate of drug-likeness (QED) is 0.742. The van der Waals surface area contributed by atoms with Crippen LogP contribution in [-0.2, 0) is 11.2 Å². The molecule has 0 fully saturated rings. The average Bonchev–Trinajstić information content (AvgIpc) is 2.62. The predicted molar refractivity (Wildman–Crippen MR) is 47.6 cm³/mol. The summed E-state index contributed by atoms with van der Waals surface area (Å²) in [6.07, 6.45) is 2.33. The van der Waals surface area contributed by atoms with Crippen LogP contribution in [0, 0.1) is 0 Å². The minimum Gasteiger partial charge on any atom is -0.445 e. The summed E-state index contributed by atoms with van der Waals surface area (Å²) in [4.78, 5) is 4.06. The smallest absolute Gasteiger partial charge is 0.196 e. The summed E-state index contributed by atoms with van der Waals surface area (Å²) in [5.41, 5.74) is 0. The van der Waals surface area contributed by atoms with E-state index in [0.29, 0.717) is 18.9 Å². The van der Waals surface area contributed by atoms with Crippen LogP contribution in [0.3, 0.4) is 0 Å². The second-order valence-electron chi connectivity index (χ2n) is 2.98. The van der Waals surface area contributed by atoms with Crippen LogP contribution in [-0.4, -0.2) is 30.4 Å². The van der Waals surface area contributed by atoms with Gasteiger partial charge in [-0.2, -0.15) is 0 Å². The summed E-state index contributed by atoms with van der Waals surface area (Å²) in [6, 6.07) is 0. The fourth-order valence-electron chi connectivity index (χ4n) is 0.947. The minimum absolute atomic E-state index is 0.0174. The molecule has 0 aliphatic rings. The van der Waals surface area contributed by atoms with Crippen LogP contribution in [0.15, 0.2) is 10.6 Å². The largest absolute Gasteiger partial charge is 0.445 e. The minimum atomic E-state index is 0.0174. The Labute approximate surface area is 77.5 Å². The molecule has 0 aliphatic carbocycles. The topological polar surface area (TPSA) is 55.5 Å². The van der Waals surface area contributed by atoms with Crippen LogP contribution in [0.4, 0.5) is 0 Å². The summed E-state index contributed by atoms with van der Waals surface area (Å²) in [7, 11) is 1.64. The van der Waals surface area contributed by atoms with Gasteiger partial charge in [0, 0.05) is 19.4 Å². The van der Waals surface area contributed by atoms with Gasteiger partial charge < -0.3 is 14.3 Å². The molecule has 1 heterocycles. The van der Waals surface area contributed by atoms with Gasteiger partial charge in [0.05, 0.1) is 19.4 Å². The third-order valence-corrected chi connectivity index (χ3v) is 1.85. The SMILES string of the molecule is COCCc1ncc(C(C)CO)o1. The predicted octanol–water partition coefficient (Wildman–Crippen LogP) is 0.959. The Bertz CT molecular complexity index is 247. The summed E-state index contributed by atoms with van der Waals surface area (Å²) in [5.74, 6) is 1.41. The Morgan fingerprint density at radius 2 is 2.46 bits per heavy atom. The van der Waals surface area contributed by atoms with E-state index in [9.17, 15) is 0 Å². The normalized spacial score (nSPS) is 13.2. The molecule has 4 nitrogen and oxygen atoms in total. The fraction of sp³-hybridized carbons (Fsp3) is 0.667. The number of aromatic nitrogens is 1. The van der Waals surface area contributed by atoms with E-state index in [2.05, 4.69) is 4.98 Å². The van der Waals surface area contributed by atoms with E-state index in [1.165, 1.54) is 0 Å². The first-order valence-corrected chi connectivity index (χ1v) is 4.32. The van der Waals surface area contributed by atoms with Crippen LogP contribution in [0.5, 0.6) is 0 Å². The maximum Gasteiger partial charge on any atom is 0.196 e. The number of hydrogen-bond donors (Lipinski definition) is 1. The highest BCUT2D eigenvalue weighted by molar-refractivity contribution is 5.00. The number of methoxy groups -OCH3 is 1. The molecule has 0 bridgehead atoms. The lowest BCUT2D eigenvalue weighted by atomic mass is 10.1. The summed E-state index contributed by atoms with van der Waals surface area (Å²) >= 11 is 0. The molecular formula is C9H15NO3. The molecule has 1 aromatic rings. The van der Waals surface area contributed by atoms with E-state index >= 15 is 0 Å². The van der Waals surface area contributed by atoms with Gasteiger partial charge in [-0.05, 0) is 0 Å². The molecule has 0 spiro atoms. The Hall–Kier alpha value is -0.870. The van der Waals surface area contributed by atoms with E-state index in [4.69, 9.17) is 14.3 Å². The van der Waals surface area contributed by atoms with Crippen molar-refractivity contribution < 1.29 is 14.3 Å². The van der Waals surface area contributed by atoms with Gasteiger partial charge in [-0.15, -0.1) is 0 Å².